The number of carbonyl (C=O) groups excluding carboxylic acids is 1. The number of benzene rings is 2. The Balaban J connectivity index is 1.58. The van der Waals surface area contributed by atoms with Crippen molar-refractivity contribution in [3.63, 3.8) is 0 Å². The van der Waals surface area contributed by atoms with Crippen molar-refractivity contribution in [2.75, 3.05) is 0 Å². The molecule has 1 heteroatoms. The summed E-state index contributed by atoms with van der Waals surface area (Å²) in [5.41, 5.74) is 6.54. The zero-order valence-corrected chi connectivity index (χ0v) is 17.6. The van der Waals surface area contributed by atoms with Crippen LogP contribution in [-0.4, -0.2) is 5.78 Å². The summed E-state index contributed by atoms with van der Waals surface area (Å²) < 4.78 is 0. The van der Waals surface area contributed by atoms with Crippen LogP contribution in [0.1, 0.15) is 63.1 Å². The van der Waals surface area contributed by atoms with Crippen LogP contribution in [0.15, 0.2) is 72.3 Å². The van der Waals surface area contributed by atoms with Gasteiger partial charge < -0.3 is 0 Å². The molecule has 0 heterocycles. The number of rotatable bonds is 8. The number of carbonyl (C=O) groups is 1. The lowest BCUT2D eigenvalue weighted by Gasteiger charge is -2.23. The predicted molar refractivity (Wildman–Crippen MR) is 119 cm³/mol. The first-order valence-electron chi connectivity index (χ1n) is 10.5. The molecule has 0 aliphatic heterocycles. The van der Waals surface area contributed by atoms with E-state index in [1.54, 1.807) is 0 Å². The van der Waals surface area contributed by atoms with Gasteiger partial charge in [0, 0.05) is 18.8 Å². The van der Waals surface area contributed by atoms with Gasteiger partial charge >= 0.3 is 0 Å². The molecule has 0 saturated heterocycles. The predicted octanol–water partition coefficient (Wildman–Crippen LogP) is 7.00. The highest BCUT2D eigenvalue weighted by molar-refractivity contribution is 5.82. The molecule has 0 bridgehead atoms. The maximum atomic E-state index is 12.6. The number of Topliss-reactive ketones (excluding diaryl/α,β-unsaturated/α-hetero) is 1. The van der Waals surface area contributed by atoms with Crippen molar-refractivity contribution in [2.45, 2.75) is 52.9 Å². The topological polar surface area (TPSA) is 17.1 Å². The van der Waals surface area contributed by atoms with Crippen molar-refractivity contribution in [3.8, 4) is 0 Å². The lowest BCUT2D eigenvalue weighted by Crippen LogP contribution is -2.13. The Hall–Kier alpha value is -2.41. The van der Waals surface area contributed by atoms with Crippen LogP contribution in [0.5, 0.6) is 0 Å². The minimum absolute atomic E-state index is 0.328. The Kier molecular flexibility index (Phi) is 6.67. The maximum absolute atomic E-state index is 12.6. The summed E-state index contributed by atoms with van der Waals surface area (Å²) in [6.07, 6.45) is 6.52. The monoisotopic (exact) mass is 372 g/mol. The van der Waals surface area contributed by atoms with Crippen LogP contribution in [0.3, 0.4) is 0 Å². The molecule has 0 spiro atoms. The van der Waals surface area contributed by atoms with Crippen LogP contribution in [0.4, 0.5) is 0 Å². The summed E-state index contributed by atoms with van der Waals surface area (Å²) in [6, 6.07) is 19.1. The quantitative estimate of drug-likeness (QED) is 0.487. The summed E-state index contributed by atoms with van der Waals surface area (Å²) in [4.78, 5) is 12.6. The van der Waals surface area contributed by atoms with Crippen molar-refractivity contribution >= 4 is 11.4 Å². The molecule has 0 N–H and O–H groups in total. The van der Waals surface area contributed by atoms with Gasteiger partial charge in [0.15, 0.2) is 0 Å². The lowest BCUT2D eigenvalue weighted by molar-refractivity contribution is -0.118. The number of allylic oxidation sites excluding steroid dienone is 4. The molecule has 2 aromatic carbocycles. The molecule has 1 atom stereocenters. The third-order valence-electron chi connectivity index (χ3n) is 5.73. The molecule has 0 fully saturated rings. The van der Waals surface area contributed by atoms with Crippen LogP contribution in [0.25, 0.3) is 5.57 Å². The first kappa shape index (κ1) is 20.3. The Bertz CT molecular complexity index is 851. The van der Waals surface area contributed by atoms with Crippen molar-refractivity contribution in [3.05, 3.63) is 89.0 Å². The molecule has 3 rings (SSSR count). The lowest BCUT2D eigenvalue weighted by atomic mass is 9.80. The maximum Gasteiger partial charge on any atom is 0.137 e. The molecule has 1 aliphatic rings. The normalized spacial score (nSPS) is 16.4. The average molecular weight is 373 g/mol. The fourth-order valence-electron chi connectivity index (χ4n) is 4.16. The van der Waals surface area contributed by atoms with Crippen molar-refractivity contribution in [1.29, 1.82) is 0 Å². The second-order valence-electron chi connectivity index (χ2n) is 8.56. The standard InChI is InChI=1S/C27H32O/c1-19(2)22-12-10-21(11-13-22)18-25(28)16-14-24-15-17-26(27(24)20(3)4)23-8-6-5-7-9-23/h5-13,15,17,19-20,27H,14,16,18H2,1-4H3. The molecule has 1 aliphatic carbocycles. The molecule has 1 unspecified atom stereocenters. The van der Waals surface area contributed by atoms with Gasteiger partial charge in [-0.2, -0.15) is 0 Å². The molecule has 0 radical (unpaired) electrons. The summed E-state index contributed by atoms with van der Waals surface area (Å²) >= 11 is 0. The number of hydrogen-bond acceptors (Lipinski definition) is 1. The van der Waals surface area contributed by atoms with Gasteiger partial charge in [0.2, 0.25) is 0 Å². The van der Waals surface area contributed by atoms with E-state index in [2.05, 4.69) is 94.4 Å². The Morgan fingerprint density at radius 2 is 1.57 bits per heavy atom. The van der Waals surface area contributed by atoms with Crippen molar-refractivity contribution in [1.82, 2.24) is 0 Å². The molecule has 146 valence electrons. The van der Waals surface area contributed by atoms with Gasteiger partial charge in [0.05, 0.1) is 0 Å². The highest BCUT2D eigenvalue weighted by atomic mass is 16.1. The van der Waals surface area contributed by atoms with E-state index >= 15 is 0 Å². The first-order valence-corrected chi connectivity index (χ1v) is 10.5. The number of hydrogen-bond donors (Lipinski definition) is 0. The van der Waals surface area contributed by atoms with Crippen molar-refractivity contribution in [2.24, 2.45) is 11.8 Å². The van der Waals surface area contributed by atoms with Gasteiger partial charge in [-0.15, -0.1) is 0 Å². The van der Waals surface area contributed by atoms with E-state index in [-0.39, 0.29) is 0 Å². The fraction of sp³-hybridized carbons (Fsp3) is 0.370. The number of ketones is 1. The molecule has 0 saturated carbocycles. The molecule has 0 amide bonds. The Morgan fingerprint density at radius 1 is 0.893 bits per heavy atom. The zero-order chi connectivity index (χ0) is 20.1. The van der Waals surface area contributed by atoms with Gasteiger partial charge in [-0.05, 0) is 40.5 Å². The SMILES string of the molecule is CC(C)c1ccc(CC(=O)CCC2=CC=C(c3ccccc3)C2C(C)C)cc1. The van der Waals surface area contributed by atoms with Gasteiger partial charge in [-0.1, -0.05) is 100 Å². The van der Waals surface area contributed by atoms with Gasteiger partial charge in [-0.25, -0.2) is 0 Å². The van der Waals surface area contributed by atoms with E-state index in [4.69, 9.17) is 0 Å². The summed E-state index contributed by atoms with van der Waals surface area (Å²) in [5, 5.41) is 0. The van der Waals surface area contributed by atoms with Gasteiger partial charge in [-0.3, -0.25) is 4.79 Å². The minimum atomic E-state index is 0.328. The molecule has 2 aromatic rings. The first-order chi connectivity index (χ1) is 13.5. The van der Waals surface area contributed by atoms with Crippen LogP contribution >= 0.6 is 0 Å². The van der Waals surface area contributed by atoms with E-state index in [9.17, 15) is 4.79 Å². The van der Waals surface area contributed by atoms with E-state index < -0.39 is 0 Å². The third kappa shape index (κ3) is 4.90. The highest BCUT2D eigenvalue weighted by Gasteiger charge is 2.27. The molecular weight excluding hydrogens is 340 g/mol. The molecule has 28 heavy (non-hydrogen) atoms. The van der Waals surface area contributed by atoms with E-state index in [0.29, 0.717) is 36.4 Å². The minimum Gasteiger partial charge on any atom is -0.299 e. The summed E-state index contributed by atoms with van der Waals surface area (Å²) in [5.74, 6) is 1.80. The van der Waals surface area contributed by atoms with E-state index in [0.717, 1.165) is 12.0 Å². The third-order valence-corrected chi connectivity index (χ3v) is 5.73. The Labute approximate surface area is 170 Å². The average Bonchev–Trinajstić information content (AvgIpc) is 3.12. The molecular formula is C27H32O. The zero-order valence-electron chi connectivity index (χ0n) is 17.6. The second kappa shape index (κ2) is 9.19. The molecule has 0 aromatic heterocycles. The smallest absolute Gasteiger partial charge is 0.137 e. The summed E-state index contributed by atoms with van der Waals surface area (Å²) in [7, 11) is 0. The van der Waals surface area contributed by atoms with Crippen LogP contribution in [-0.2, 0) is 11.2 Å². The van der Waals surface area contributed by atoms with Gasteiger partial charge in [0.25, 0.3) is 0 Å². The Morgan fingerprint density at radius 3 is 2.18 bits per heavy atom. The van der Waals surface area contributed by atoms with E-state index in [1.807, 2.05) is 0 Å². The fourth-order valence-corrected chi connectivity index (χ4v) is 4.16. The molecule has 1 nitrogen and oxygen atoms in total. The summed E-state index contributed by atoms with van der Waals surface area (Å²) in [6.45, 7) is 8.94. The van der Waals surface area contributed by atoms with Gasteiger partial charge in [0.1, 0.15) is 5.78 Å². The van der Waals surface area contributed by atoms with Crippen LogP contribution < -0.4 is 0 Å². The van der Waals surface area contributed by atoms with Crippen LogP contribution in [0.2, 0.25) is 0 Å². The van der Waals surface area contributed by atoms with Crippen LogP contribution in [0, 0.1) is 11.8 Å². The largest absolute Gasteiger partial charge is 0.299 e. The van der Waals surface area contributed by atoms with E-state index in [1.165, 1.54) is 22.3 Å². The van der Waals surface area contributed by atoms with Crippen molar-refractivity contribution < 1.29 is 4.79 Å². The second-order valence-corrected chi connectivity index (χ2v) is 8.56. The highest BCUT2D eigenvalue weighted by Crippen LogP contribution is 2.41.